The van der Waals surface area contributed by atoms with Crippen molar-refractivity contribution in [3.05, 3.63) is 23.9 Å². The Morgan fingerprint density at radius 1 is 1.39 bits per heavy atom. The smallest absolute Gasteiger partial charge is 0.251 e. The Balaban J connectivity index is 2.54. The second kappa shape index (κ2) is 7.26. The minimum atomic E-state index is -0.435. The summed E-state index contributed by atoms with van der Waals surface area (Å²) in [6.07, 6.45) is 2.69. The van der Waals surface area contributed by atoms with Crippen LogP contribution in [0.1, 0.15) is 30.1 Å². The van der Waals surface area contributed by atoms with Gasteiger partial charge < -0.3 is 16.4 Å². The van der Waals surface area contributed by atoms with Crippen LogP contribution in [0, 0.1) is 0 Å². The molecule has 0 fully saturated rings. The Morgan fingerprint density at radius 2 is 2.17 bits per heavy atom. The van der Waals surface area contributed by atoms with E-state index >= 15 is 0 Å². The van der Waals surface area contributed by atoms with Crippen molar-refractivity contribution in [2.24, 2.45) is 5.73 Å². The van der Waals surface area contributed by atoms with Crippen LogP contribution < -0.4 is 16.4 Å². The number of hydrogen-bond donors (Lipinski definition) is 3. The van der Waals surface area contributed by atoms with Crippen molar-refractivity contribution >= 4 is 17.6 Å². The molecule has 1 aromatic rings. The van der Waals surface area contributed by atoms with E-state index in [1.165, 1.54) is 0 Å². The second-order valence-electron chi connectivity index (χ2n) is 3.83. The lowest BCUT2D eigenvalue weighted by molar-refractivity contribution is -0.117. The SMILES string of the molecule is CCCNc1cc(C(=O)NCCC(N)=O)ccn1. The molecule has 0 aromatic carbocycles. The highest BCUT2D eigenvalue weighted by atomic mass is 16.2. The van der Waals surface area contributed by atoms with Crippen molar-refractivity contribution in [3.8, 4) is 0 Å². The van der Waals surface area contributed by atoms with Crippen LogP contribution in [-0.2, 0) is 4.79 Å². The Kier molecular flexibility index (Phi) is 5.63. The molecule has 18 heavy (non-hydrogen) atoms. The van der Waals surface area contributed by atoms with Gasteiger partial charge in [-0.2, -0.15) is 0 Å². The van der Waals surface area contributed by atoms with Crippen LogP contribution in [0.4, 0.5) is 5.82 Å². The monoisotopic (exact) mass is 250 g/mol. The van der Waals surface area contributed by atoms with Crippen LogP contribution in [0.5, 0.6) is 0 Å². The highest BCUT2D eigenvalue weighted by molar-refractivity contribution is 5.95. The van der Waals surface area contributed by atoms with Crippen LogP contribution in [0.3, 0.4) is 0 Å². The van der Waals surface area contributed by atoms with Gasteiger partial charge in [0.15, 0.2) is 0 Å². The molecule has 2 amide bonds. The van der Waals surface area contributed by atoms with Gasteiger partial charge >= 0.3 is 0 Å². The maximum atomic E-state index is 11.7. The number of nitrogens with zero attached hydrogens (tertiary/aromatic N) is 1. The van der Waals surface area contributed by atoms with Crippen LogP contribution in [0.25, 0.3) is 0 Å². The molecule has 0 spiro atoms. The summed E-state index contributed by atoms with van der Waals surface area (Å²) in [6.45, 7) is 3.10. The molecule has 0 aliphatic rings. The number of aromatic nitrogens is 1. The van der Waals surface area contributed by atoms with Gasteiger partial charge in [-0.15, -0.1) is 0 Å². The number of rotatable bonds is 7. The number of anilines is 1. The van der Waals surface area contributed by atoms with E-state index in [4.69, 9.17) is 5.73 Å². The van der Waals surface area contributed by atoms with E-state index in [-0.39, 0.29) is 18.9 Å². The molecule has 0 radical (unpaired) electrons. The van der Waals surface area contributed by atoms with Crippen molar-refractivity contribution < 1.29 is 9.59 Å². The largest absolute Gasteiger partial charge is 0.370 e. The van der Waals surface area contributed by atoms with Gasteiger partial charge in [0.05, 0.1) is 0 Å². The molecule has 4 N–H and O–H groups in total. The van der Waals surface area contributed by atoms with Crippen molar-refractivity contribution in [1.82, 2.24) is 10.3 Å². The van der Waals surface area contributed by atoms with E-state index < -0.39 is 5.91 Å². The summed E-state index contributed by atoms with van der Waals surface area (Å²) in [7, 11) is 0. The second-order valence-corrected chi connectivity index (χ2v) is 3.83. The number of hydrogen-bond acceptors (Lipinski definition) is 4. The summed E-state index contributed by atoms with van der Waals surface area (Å²) in [5, 5.41) is 5.72. The molecule has 6 heteroatoms. The Hall–Kier alpha value is -2.11. The zero-order valence-electron chi connectivity index (χ0n) is 10.4. The fourth-order valence-corrected chi connectivity index (χ4v) is 1.32. The van der Waals surface area contributed by atoms with Gasteiger partial charge in [0.2, 0.25) is 5.91 Å². The van der Waals surface area contributed by atoms with E-state index in [2.05, 4.69) is 15.6 Å². The maximum absolute atomic E-state index is 11.7. The molecular formula is C12H18N4O2. The summed E-state index contributed by atoms with van der Waals surface area (Å²) in [4.78, 5) is 26.4. The molecule has 6 nitrogen and oxygen atoms in total. The first kappa shape index (κ1) is 14.0. The molecule has 0 atom stereocenters. The molecule has 1 rings (SSSR count). The van der Waals surface area contributed by atoms with E-state index in [9.17, 15) is 9.59 Å². The predicted molar refractivity (Wildman–Crippen MR) is 69.2 cm³/mol. The summed E-state index contributed by atoms with van der Waals surface area (Å²) < 4.78 is 0. The molecule has 1 aromatic heterocycles. The number of nitrogens with two attached hydrogens (primary N) is 1. The standard InChI is InChI=1S/C12H18N4O2/c1-2-5-14-11-8-9(3-6-15-11)12(18)16-7-4-10(13)17/h3,6,8H,2,4-5,7H2,1H3,(H2,13,17)(H,14,15)(H,16,18). The third-order valence-corrected chi connectivity index (χ3v) is 2.24. The lowest BCUT2D eigenvalue weighted by Gasteiger charge is -2.07. The minimum absolute atomic E-state index is 0.137. The lowest BCUT2D eigenvalue weighted by Crippen LogP contribution is -2.27. The normalized spacial score (nSPS) is 9.83. The third-order valence-electron chi connectivity index (χ3n) is 2.24. The summed E-state index contributed by atoms with van der Waals surface area (Å²) in [5.74, 6) is -0.00655. The van der Waals surface area contributed by atoms with Crippen LogP contribution in [0.2, 0.25) is 0 Å². The summed E-state index contributed by atoms with van der Waals surface area (Å²) >= 11 is 0. The van der Waals surface area contributed by atoms with Gasteiger partial charge in [-0.25, -0.2) is 4.98 Å². The molecule has 0 bridgehead atoms. The average molecular weight is 250 g/mol. The first-order valence-electron chi connectivity index (χ1n) is 5.90. The van der Waals surface area contributed by atoms with Gasteiger partial charge in [0.1, 0.15) is 5.82 Å². The number of primary amides is 1. The van der Waals surface area contributed by atoms with Gasteiger partial charge in [-0.05, 0) is 18.6 Å². The molecule has 1 heterocycles. The van der Waals surface area contributed by atoms with Crippen LogP contribution in [0.15, 0.2) is 18.3 Å². The molecule has 0 unspecified atom stereocenters. The fourth-order valence-electron chi connectivity index (χ4n) is 1.32. The molecule has 0 saturated heterocycles. The maximum Gasteiger partial charge on any atom is 0.251 e. The first-order chi connectivity index (χ1) is 8.63. The van der Waals surface area contributed by atoms with Gasteiger partial charge in [0.25, 0.3) is 5.91 Å². The highest BCUT2D eigenvalue weighted by Crippen LogP contribution is 2.06. The number of amides is 2. The Morgan fingerprint density at radius 3 is 2.83 bits per heavy atom. The van der Waals surface area contributed by atoms with Crippen molar-refractivity contribution in [3.63, 3.8) is 0 Å². The van der Waals surface area contributed by atoms with Crippen molar-refractivity contribution in [1.29, 1.82) is 0 Å². The fraction of sp³-hybridized carbons (Fsp3) is 0.417. The zero-order chi connectivity index (χ0) is 13.4. The Bertz CT molecular complexity index is 420. The molecular weight excluding hydrogens is 232 g/mol. The number of pyridine rings is 1. The van der Waals surface area contributed by atoms with Gasteiger partial charge in [0, 0.05) is 31.3 Å². The molecule has 0 aliphatic carbocycles. The van der Waals surface area contributed by atoms with Crippen molar-refractivity contribution in [2.45, 2.75) is 19.8 Å². The third kappa shape index (κ3) is 4.82. The lowest BCUT2D eigenvalue weighted by atomic mass is 10.2. The topological polar surface area (TPSA) is 97.1 Å². The zero-order valence-corrected chi connectivity index (χ0v) is 10.4. The Labute approximate surface area is 106 Å². The van der Waals surface area contributed by atoms with E-state index in [0.29, 0.717) is 11.4 Å². The minimum Gasteiger partial charge on any atom is -0.370 e. The number of carbonyl (C=O) groups excluding carboxylic acids is 2. The molecule has 98 valence electrons. The quantitative estimate of drug-likeness (QED) is 0.656. The van der Waals surface area contributed by atoms with Gasteiger partial charge in [-0.1, -0.05) is 6.92 Å². The number of carbonyl (C=O) groups is 2. The predicted octanol–water partition coefficient (Wildman–Crippen LogP) is 0.509. The highest BCUT2D eigenvalue weighted by Gasteiger charge is 2.06. The van der Waals surface area contributed by atoms with E-state index in [1.54, 1.807) is 18.3 Å². The first-order valence-corrected chi connectivity index (χ1v) is 5.90. The van der Waals surface area contributed by atoms with Crippen LogP contribution >= 0.6 is 0 Å². The molecule has 0 saturated carbocycles. The van der Waals surface area contributed by atoms with E-state index in [1.807, 2.05) is 6.92 Å². The summed E-state index contributed by atoms with van der Waals surface area (Å²) in [6, 6.07) is 3.30. The average Bonchev–Trinajstić information content (AvgIpc) is 2.36. The number of nitrogens with one attached hydrogen (secondary N) is 2. The van der Waals surface area contributed by atoms with Gasteiger partial charge in [-0.3, -0.25) is 9.59 Å². The van der Waals surface area contributed by atoms with Crippen molar-refractivity contribution in [2.75, 3.05) is 18.4 Å². The summed E-state index contributed by atoms with van der Waals surface area (Å²) in [5.41, 5.74) is 5.49. The van der Waals surface area contributed by atoms with Crippen LogP contribution in [-0.4, -0.2) is 29.9 Å². The van der Waals surface area contributed by atoms with E-state index in [0.717, 1.165) is 13.0 Å². The molecule has 0 aliphatic heterocycles.